The van der Waals surface area contributed by atoms with Crippen molar-refractivity contribution in [3.05, 3.63) is 23.8 Å². The summed E-state index contributed by atoms with van der Waals surface area (Å²) in [6.07, 6.45) is 0.0691. The van der Waals surface area contributed by atoms with Crippen molar-refractivity contribution in [1.29, 1.82) is 5.26 Å². The molecule has 0 radical (unpaired) electrons. The molecular formula is C12H11N3O4S. The lowest BCUT2D eigenvalue weighted by Crippen LogP contribution is -2.27. The first-order chi connectivity index (χ1) is 9.37. The number of hydrogen-bond donors (Lipinski definition) is 1. The zero-order valence-electron chi connectivity index (χ0n) is 10.6. The number of nitriles is 1. The molecule has 8 heteroatoms. The fourth-order valence-corrected chi connectivity index (χ4v) is 2.99. The Bertz CT molecular complexity index is 734. The van der Waals surface area contributed by atoms with Crippen LogP contribution in [0.4, 0.5) is 5.69 Å². The Kier molecular flexibility index (Phi) is 3.57. The molecule has 0 unspecified atom stereocenters. The van der Waals surface area contributed by atoms with Crippen molar-refractivity contribution in [1.82, 2.24) is 4.31 Å². The van der Waals surface area contributed by atoms with Gasteiger partial charge >= 0.3 is 0 Å². The first-order valence-corrected chi connectivity index (χ1v) is 7.15. The molecule has 1 heterocycles. The van der Waals surface area contributed by atoms with Crippen LogP contribution in [0.3, 0.4) is 0 Å². The quantitative estimate of drug-likeness (QED) is 0.806. The largest absolute Gasteiger partial charge is 0.318 e. The van der Waals surface area contributed by atoms with Crippen molar-refractivity contribution in [3.63, 3.8) is 0 Å². The standard InChI is InChI=1S/C12H11N3O4S/c1-15(6-2-5-13)20(18,19)8-3-4-10-9(7-8)11(16)12(17)14-10/h3-4,7H,2,6H2,1H3,(H,14,16,17). The number of rotatable bonds is 4. The van der Waals surface area contributed by atoms with Crippen LogP contribution in [0.1, 0.15) is 16.8 Å². The molecule has 7 nitrogen and oxygen atoms in total. The van der Waals surface area contributed by atoms with Gasteiger partial charge in [0, 0.05) is 20.0 Å². The van der Waals surface area contributed by atoms with E-state index in [9.17, 15) is 18.0 Å². The van der Waals surface area contributed by atoms with Gasteiger partial charge in [-0.25, -0.2) is 8.42 Å². The van der Waals surface area contributed by atoms with E-state index in [2.05, 4.69) is 5.32 Å². The third kappa shape index (κ3) is 2.29. The predicted octanol–water partition coefficient (Wildman–Crippen LogP) is 0.356. The molecule has 1 aromatic carbocycles. The number of ketones is 1. The molecule has 1 aromatic rings. The van der Waals surface area contributed by atoms with Crippen LogP contribution in [0.15, 0.2) is 23.1 Å². The minimum Gasteiger partial charge on any atom is -0.318 e. The van der Waals surface area contributed by atoms with Crippen LogP contribution in [-0.2, 0) is 14.8 Å². The Morgan fingerprint density at radius 2 is 2.05 bits per heavy atom. The Morgan fingerprint density at radius 3 is 2.70 bits per heavy atom. The van der Waals surface area contributed by atoms with E-state index in [0.717, 1.165) is 4.31 Å². The molecule has 0 atom stereocenters. The van der Waals surface area contributed by atoms with Crippen LogP contribution in [0.5, 0.6) is 0 Å². The molecule has 0 aliphatic carbocycles. The molecule has 1 amide bonds. The fourth-order valence-electron chi connectivity index (χ4n) is 1.79. The molecule has 0 aromatic heterocycles. The molecule has 0 saturated heterocycles. The summed E-state index contributed by atoms with van der Waals surface area (Å²) < 4.78 is 25.5. The van der Waals surface area contributed by atoms with Gasteiger partial charge in [0.25, 0.3) is 11.7 Å². The molecule has 2 rings (SSSR count). The number of Topliss-reactive ketones (excluding diaryl/α,β-unsaturated/α-hetero) is 1. The second-order valence-electron chi connectivity index (χ2n) is 4.23. The second-order valence-corrected chi connectivity index (χ2v) is 6.27. The Labute approximate surface area is 115 Å². The van der Waals surface area contributed by atoms with Gasteiger partial charge in [-0.3, -0.25) is 9.59 Å². The lowest BCUT2D eigenvalue weighted by molar-refractivity contribution is -0.112. The zero-order chi connectivity index (χ0) is 14.9. The van der Waals surface area contributed by atoms with Gasteiger partial charge < -0.3 is 5.32 Å². The molecule has 104 valence electrons. The van der Waals surface area contributed by atoms with Crippen LogP contribution >= 0.6 is 0 Å². The van der Waals surface area contributed by atoms with E-state index in [-0.39, 0.29) is 23.4 Å². The van der Waals surface area contributed by atoms with E-state index in [1.54, 1.807) is 0 Å². The van der Waals surface area contributed by atoms with Gasteiger partial charge in [0.05, 0.1) is 22.2 Å². The summed E-state index contributed by atoms with van der Waals surface area (Å²) in [5.74, 6) is -1.52. The van der Waals surface area contributed by atoms with Crippen LogP contribution in [-0.4, -0.2) is 38.0 Å². The normalized spacial score (nSPS) is 14.1. The fraction of sp³-hybridized carbons (Fsp3) is 0.250. The number of nitrogens with one attached hydrogen (secondary N) is 1. The van der Waals surface area contributed by atoms with Crippen LogP contribution < -0.4 is 5.32 Å². The maximum absolute atomic E-state index is 12.2. The lowest BCUT2D eigenvalue weighted by Gasteiger charge is -2.15. The summed E-state index contributed by atoms with van der Waals surface area (Å²) >= 11 is 0. The lowest BCUT2D eigenvalue weighted by atomic mass is 10.1. The number of nitrogens with zero attached hydrogens (tertiary/aromatic N) is 2. The summed E-state index contributed by atoms with van der Waals surface area (Å²) in [5, 5.41) is 10.8. The number of benzene rings is 1. The first kappa shape index (κ1) is 14.2. The molecular weight excluding hydrogens is 282 g/mol. The number of hydrogen-bond acceptors (Lipinski definition) is 5. The summed E-state index contributed by atoms with van der Waals surface area (Å²) in [6, 6.07) is 5.73. The van der Waals surface area contributed by atoms with Crippen molar-refractivity contribution >= 4 is 27.4 Å². The highest BCUT2D eigenvalue weighted by Gasteiger charge is 2.30. The molecule has 0 fully saturated rings. The molecule has 1 N–H and O–H groups in total. The van der Waals surface area contributed by atoms with Gasteiger partial charge in [-0.1, -0.05) is 0 Å². The highest BCUT2D eigenvalue weighted by atomic mass is 32.2. The van der Waals surface area contributed by atoms with E-state index < -0.39 is 21.7 Å². The average molecular weight is 293 g/mol. The van der Waals surface area contributed by atoms with E-state index >= 15 is 0 Å². The van der Waals surface area contributed by atoms with Gasteiger partial charge in [0.1, 0.15) is 0 Å². The Hall–Kier alpha value is -2.24. The highest BCUT2D eigenvalue weighted by Crippen LogP contribution is 2.27. The van der Waals surface area contributed by atoms with E-state index in [4.69, 9.17) is 5.26 Å². The third-order valence-corrected chi connectivity index (χ3v) is 4.79. The Morgan fingerprint density at radius 1 is 1.35 bits per heavy atom. The third-order valence-electron chi connectivity index (χ3n) is 2.94. The summed E-state index contributed by atoms with van der Waals surface area (Å²) in [6.45, 7) is 0.0566. The van der Waals surface area contributed by atoms with E-state index in [1.165, 1.54) is 25.2 Å². The van der Waals surface area contributed by atoms with E-state index in [1.807, 2.05) is 6.07 Å². The number of carbonyl (C=O) groups excluding carboxylic acids is 2. The van der Waals surface area contributed by atoms with E-state index in [0.29, 0.717) is 5.69 Å². The average Bonchev–Trinajstić information content (AvgIpc) is 2.71. The number of sulfonamides is 1. The van der Waals surface area contributed by atoms with Crippen molar-refractivity contribution in [2.45, 2.75) is 11.3 Å². The minimum absolute atomic E-state index is 0.0461. The van der Waals surface area contributed by atoms with Crippen molar-refractivity contribution in [2.75, 3.05) is 18.9 Å². The van der Waals surface area contributed by atoms with Gasteiger partial charge in [-0.2, -0.15) is 9.57 Å². The number of fused-ring (bicyclic) bond motifs is 1. The van der Waals surface area contributed by atoms with Gasteiger partial charge in [-0.15, -0.1) is 0 Å². The summed E-state index contributed by atoms with van der Waals surface area (Å²) in [4.78, 5) is 22.7. The summed E-state index contributed by atoms with van der Waals surface area (Å²) in [7, 11) is -2.43. The predicted molar refractivity (Wildman–Crippen MR) is 69.4 cm³/mol. The topological polar surface area (TPSA) is 107 Å². The van der Waals surface area contributed by atoms with Gasteiger partial charge in [-0.05, 0) is 18.2 Å². The molecule has 20 heavy (non-hydrogen) atoms. The minimum atomic E-state index is -3.78. The molecule has 0 bridgehead atoms. The van der Waals surface area contributed by atoms with Crippen LogP contribution in [0.25, 0.3) is 0 Å². The molecule has 1 aliphatic rings. The SMILES string of the molecule is CN(CCC#N)S(=O)(=O)c1ccc2c(c1)C(=O)C(=O)N2. The summed E-state index contributed by atoms with van der Waals surface area (Å²) in [5.41, 5.74) is 0.350. The number of amides is 1. The maximum atomic E-state index is 12.2. The maximum Gasteiger partial charge on any atom is 0.296 e. The van der Waals surface area contributed by atoms with Gasteiger partial charge in [0.15, 0.2) is 0 Å². The molecule has 1 aliphatic heterocycles. The molecule has 0 saturated carbocycles. The highest BCUT2D eigenvalue weighted by molar-refractivity contribution is 7.89. The molecule has 0 spiro atoms. The van der Waals surface area contributed by atoms with Gasteiger partial charge in [0.2, 0.25) is 10.0 Å². The smallest absolute Gasteiger partial charge is 0.296 e. The number of carbonyl (C=O) groups is 2. The van der Waals surface area contributed by atoms with Crippen molar-refractivity contribution in [2.24, 2.45) is 0 Å². The Balaban J connectivity index is 2.38. The zero-order valence-corrected chi connectivity index (χ0v) is 11.4. The monoisotopic (exact) mass is 293 g/mol. The second kappa shape index (κ2) is 5.03. The van der Waals surface area contributed by atoms with Crippen LogP contribution in [0.2, 0.25) is 0 Å². The van der Waals surface area contributed by atoms with Crippen molar-refractivity contribution < 1.29 is 18.0 Å². The number of anilines is 1. The van der Waals surface area contributed by atoms with Crippen molar-refractivity contribution in [3.8, 4) is 6.07 Å². The first-order valence-electron chi connectivity index (χ1n) is 5.71. The van der Waals surface area contributed by atoms with Crippen LogP contribution in [0, 0.1) is 11.3 Å².